The van der Waals surface area contributed by atoms with Crippen LogP contribution in [0.4, 0.5) is 0 Å². The predicted octanol–water partition coefficient (Wildman–Crippen LogP) is 2.25. The fourth-order valence-corrected chi connectivity index (χ4v) is 1.95. The zero-order valence-electron chi connectivity index (χ0n) is 7.25. The first-order valence-corrected chi connectivity index (χ1v) is 5.20. The van der Waals surface area contributed by atoms with Crippen LogP contribution in [0, 0.1) is 0 Å². The minimum Gasteiger partial charge on any atom is -0.459 e. The highest BCUT2D eigenvalue weighted by atomic mass is 35.5. The molecule has 0 spiro atoms. The highest BCUT2D eigenvalue weighted by Crippen LogP contribution is 2.26. The van der Waals surface area contributed by atoms with Crippen molar-refractivity contribution >= 4 is 40.5 Å². The lowest BCUT2D eigenvalue weighted by Gasteiger charge is -2.01. The number of thiazole rings is 1. The fraction of sp³-hybridized carbons (Fsp3) is 0.429. The van der Waals surface area contributed by atoms with Gasteiger partial charge in [-0.2, -0.15) is 0 Å². The van der Waals surface area contributed by atoms with Crippen molar-refractivity contribution in [2.75, 3.05) is 20.3 Å². The number of hydrogen-bond acceptors (Lipinski definition) is 5. The molecular formula is C7H7Cl2NO3S. The minimum absolute atomic E-state index is 0.0717. The maximum absolute atomic E-state index is 11.3. The number of halogens is 2. The van der Waals surface area contributed by atoms with Gasteiger partial charge >= 0.3 is 5.97 Å². The third-order valence-electron chi connectivity index (χ3n) is 1.27. The minimum atomic E-state index is -0.531. The van der Waals surface area contributed by atoms with Crippen LogP contribution >= 0.6 is 34.5 Å². The SMILES string of the molecule is COCCOC(=O)c1sc(Cl)nc1Cl. The summed E-state index contributed by atoms with van der Waals surface area (Å²) in [5.74, 6) is -0.531. The monoisotopic (exact) mass is 255 g/mol. The van der Waals surface area contributed by atoms with Crippen LogP contribution in [-0.2, 0) is 9.47 Å². The Morgan fingerprint density at radius 3 is 2.71 bits per heavy atom. The Bertz CT molecular complexity index is 329. The van der Waals surface area contributed by atoms with Crippen LogP contribution in [0.5, 0.6) is 0 Å². The molecule has 0 aliphatic rings. The van der Waals surface area contributed by atoms with Crippen molar-refractivity contribution in [3.8, 4) is 0 Å². The topological polar surface area (TPSA) is 48.4 Å². The smallest absolute Gasteiger partial charge is 0.351 e. The van der Waals surface area contributed by atoms with Crippen molar-refractivity contribution in [1.82, 2.24) is 4.98 Å². The van der Waals surface area contributed by atoms with E-state index in [4.69, 9.17) is 32.7 Å². The highest BCUT2D eigenvalue weighted by Gasteiger charge is 2.17. The molecule has 0 N–H and O–H groups in total. The molecule has 0 atom stereocenters. The van der Waals surface area contributed by atoms with Gasteiger partial charge in [0.25, 0.3) is 0 Å². The van der Waals surface area contributed by atoms with Crippen LogP contribution in [0.15, 0.2) is 0 Å². The van der Waals surface area contributed by atoms with Crippen LogP contribution in [-0.4, -0.2) is 31.3 Å². The second-order valence-corrected chi connectivity index (χ2v) is 4.15. The predicted molar refractivity (Wildman–Crippen MR) is 54.3 cm³/mol. The van der Waals surface area contributed by atoms with Crippen LogP contribution < -0.4 is 0 Å². The van der Waals surface area contributed by atoms with Crippen molar-refractivity contribution in [2.45, 2.75) is 0 Å². The van der Waals surface area contributed by atoms with Crippen molar-refractivity contribution < 1.29 is 14.3 Å². The second kappa shape index (κ2) is 5.50. The van der Waals surface area contributed by atoms with Gasteiger partial charge in [0.05, 0.1) is 6.61 Å². The molecule has 0 aromatic carbocycles. The third kappa shape index (κ3) is 3.09. The summed E-state index contributed by atoms with van der Waals surface area (Å²) in [4.78, 5) is 15.2. The summed E-state index contributed by atoms with van der Waals surface area (Å²) >= 11 is 12.2. The van der Waals surface area contributed by atoms with E-state index in [1.807, 2.05) is 0 Å². The van der Waals surface area contributed by atoms with Gasteiger partial charge in [-0.15, -0.1) is 0 Å². The van der Waals surface area contributed by atoms with Crippen LogP contribution in [0.25, 0.3) is 0 Å². The van der Waals surface area contributed by atoms with E-state index in [-0.39, 0.29) is 21.1 Å². The molecule has 7 heteroatoms. The molecule has 0 saturated carbocycles. The Hall–Kier alpha value is -0.360. The average molecular weight is 256 g/mol. The Labute approximate surface area is 94.7 Å². The molecule has 1 aromatic rings. The standard InChI is InChI=1S/C7H7Cl2NO3S/c1-12-2-3-13-6(11)4-5(8)10-7(9)14-4/h2-3H2,1H3. The molecular weight excluding hydrogens is 249 g/mol. The molecule has 1 heterocycles. The van der Waals surface area contributed by atoms with E-state index < -0.39 is 5.97 Å². The number of esters is 1. The van der Waals surface area contributed by atoms with Gasteiger partial charge in [-0.05, 0) is 0 Å². The van der Waals surface area contributed by atoms with Gasteiger partial charge in [-0.3, -0.25) is 0 Å². The molecule has 0 saturated heterocycles. The molecule has 0 radical (unpaired) electrons. The maximum atomic E-state index is 11.3. The number of rotatable bonds is 4. The van der Waals surface area contributed by atoms with Crippen molar-refractivity contribution in [1.29, 1.82) is 0 Å². The molecule has 0 amide bonds. The molecule has 14 heavy (non-hydrogen) atoms. The van der Waals surface area contributed by atoms with Gasteiger partial charge in [0.2, 0.25) is 0 Å². The van der Waals surface area contributed by atoms with Gasteiger partial charge < -0.3 is 9.47 Å². The molecule has 4 nitrogen and oxygen atoms in total. The molecule has 0 aliphatic carbocycles. The second-order valence-electron chi connectivity index (χ2n) is 2.22. The first kappa shape index (κ1) is 11.7. The normalized spacial score (nSPS) is 10.2. The lowest BCUT2D eigenvalue weighted by atomic mass is 10.5. The zero-order chi connectivity index (χ0) is 10.6. The number of aromatic nitrogens is 1. The van der Waals surface area contributed by atoms with E-state index in [0.717, 1.165) is 11.3 Å². The third-order valence-corrected chi connectivity index (χ3v) is 2.79. The van der Waals surface area contributed by atoms with Gasteiger partial charge in [0, 0.05) is 7.11 Å². The number of methoxy groups -OCH3 is 1. The van der Waals surface area contributed by atoms with Crippen LogP contribution in [0.1, 0.15) is 9.67 Å². The zero-order valence-corrected chi connectivity index (χ0v) is 9.58. The first-order chi connectivity index (χ1) is 6.65. The summed E-state index contributed by atoms with van der Waals surface area (Å²) in [6.07, 6.45) is 0. The van der Waals surface area contributed by atoms with Gasteiger partial charge in [0.15, 0.2) is 14.5 Å². The van der Waals surface area contributed by atoms with E-state index >= 15 is 0 Å². The Morgan fingerprint density at radius 1 is 1.50 bits per heavy atom. The number of carbonyl (C=O) groups is 1. The summed E-state index contributed by atoms with van der Waals surface area (Å²) in [6, 6.07) is 0. The molecule has 0 unspecified atom stereocenters. The quantitative estimate of drug-likeness (QED) is 0.612. The Morgan fingerprint density at radius 2 is 2.21 bits per heavy atom. The van der Waals surface area contributed by atoms with Crippen LogP contribution in [0.3, 0.4) is 0 Å². The van der Waals surface area contributed by atoms with E-state index in [1.54, 1.807) is 0 Å². The maximum Gasteiger partial charge on any atom is 0.351 e. The summed E-state index contributed by atoms with van der Waals surface area (Å²) < 4.78 is 9.76. The summed E-state index contributed by atoms with van der Waals surface area (Å²) in [7, 11) is 1.52. The van der Waals surface area contributed by atoms with Gasteiger partial charge in [0.1, 0.15) is 6.61 Å². The van der Waals surface area contributed by atoms with Crippen molar-refractivity contribution in [3.05, 3.63) is 14.5 Å². The van der Waals surface area contributed by atoms with Gasteiger partial charge in [-0.25, -0.2) is 9.78 Å². The lowest BCUT2D eigenvalue weighted by molar-refractivity contribution is 0.0393. The van der Waals surface area contributed by atoms with E-state index in [0.29, 0.717) is 6.61 Å². The number of nitrogens with zero attached hydrogens (tertiary/aromatic N) is 1. The van der Waals surface area contributed by atoms with E-state index in [1.165, 1.54) is 7.11 Å². The Balaban J connectivity index is 2.56. The van der Waals surface area contributed by atoms with Gasteiger partial charge in [-0.1, -0.05) is 34.5 Å². The number of carbonyl (C=O) groups excluding carboxylic acids is 1. The molecule has 1 aromatic heterocycles. The first-order valence-electron chi connectivity index (χ1n) is 3.63. The highest BCUT2D eigenvalue weighted by molar-refractivity contribution is 7.18. The molecule has 0 fully saturated rings. The van der Waals surface area contributed by atoms with Crippen molar-refractivity contribution in [2.24, 2.45) is 0 Å². The number of ether oxygens (including phenoxy) is 2. The van der Waals surface area contributed by atoms with Crippen LogP contribution in [0.2, 0.25) is 9.62 Å². The molecule has 0 aliphatic heterocycles. The molecule has 0 bridgehead atoms. The largest absolute Gasteiger partial charge is 0.459 e. The summed E-state index contributed by atoms with van der Waals surface area (Å²) in [6.45, 7) is 0.525. The average Bonchev–Trinajstić information content (AvgIpc) is 2.45. The van der Waals surface area contributed by atoms with Crippen molar-refractivity contribution in [3.63, 3.8) is 0 Å². The Kier molecular flexibility index (Phi) is 4.60. The summed E-state index contributed by atoms with van der Waals surface area (Å²) in [5.41, 5.74) is 0. The summed E-state index contributed by atoms with van der Waals surface area (Å²) in [5, 5.41) is 0.0717. The molecule has 78 valence electrons. The van der Waals surface area contributed by atoms with E-state index in [2.05, 4.69) is 4.98 Å². The fourth-order valence-electron chi connectivity index (χ4n) is 0.686. The van der Waals surface area contributed by atoms with E-state index in [9.17, 15) is 4.79 Å². The lowest BCUT2D eigenvalue weighted by Crippen LogP contribution is -2.08. The number of hydrogen-bond donors (Lipinski definition) is 0. The molecule has 1 rings (SSSR count).